The van der Waals surface area contributed by atoms with E-state index in [1.165, 1.54) is 0 Å². The van der Waals surface area contributed by atoms with E-state index in [0.717, 1.165) is 12.0 Å². The van der Waals surface area contributed by atoms with Crippen LogP contribution < -0.4 is 5.56 Å². The average molecular weight is 209 g/mol. The Morgan fingerprint density at radius 3 is 2.80 bits per heavy atom. The first-order valence-corrected chi connectivity index (χ1v) is 5.32. The third kappa shape index (κ3) is 3.51. The molecule has 0 unspecified atom stereocenters. The van der Waals surface area contributed by atoms with Gasteiger partial charge in [-0.15, -0.1) is 0 Å². The van der Waals surface area contributed by atoms with Gasteiger partial charge in [-0.05, 0) is 18.4 Å². The Morgan fingerprint density at radius 1 is 1.47 bits per heavy atom. The van der Waals surface area contributed by atoms with Crippen molar-refractivity contribution in [3.8, 4) is 0 Å². The van der Waals surface area contributed by atoms with E-state index < -0.39 is 0 Å². The Balaban J connectivity index is 2.85. The molecule has 0 saturated heterocycles. The lowest BCUT2D eigenvalue weighted by Gasteiger charge is -2.08. The molecule has 0 aliphatic rings. The molecule has 1 aromatic rings. The summed E-state index contributed by atoms with van der Waals surface area (Å²) in [4.78, 5) is 11.9. The Labute approximate surface area is 90.7 Å². The van der Waals surface area contributed by atoms with Crippen LogP contribution >= 0.6 is 0 Å². The molecular formula is C12H19NO2. The highest BCUT2D eigenvalue weighted by Crippen LogP contribution is 2.02. The van der Waals surface area contributed by atoms with Gasteiger partial charge in [0.25, 0.3) is 5.56 Å². The highest BCUT2D eigenvalue weighted by Gasteiger charge is 2.04. The molecule has 0 fully saturated rings. The van der Waals surface area contributed by atoms with Crippen molar-refractivity contribution in [3.63, 3.8) is 0 Å². The molecule has 0 saturated carbocycles. The normalized spacial score (nSPS) is 10.9. The minimum absolute atomic E-state index is 0.114. The Kier molecular flexibility index (Phi) is 4.56. The van der Waals surface area contributed by atoms with Crippen molar-refractivity contribution < 1.29 is 4.74 Å². The molecule has 0 aliphatic carbocycles. The predicted octanol–water partition coefficient (Wildman–Crippen LogP) is 1.69. The standard InChI is InChI=1S/C12H19NO2/c1-10(2)9-11-5-4-6-13(12(11)14)7-8-15-3/h4-6,10H,7-9H2,1-3H3. The lowest BCUT2D eigenvalue weighted by molar-refractivity contribution is 0.186. The summed E-state index contributed by atoms with van der Waals surface area (Å²) >= 11 is 0. The van der Waals surface area contributed by atoms with Crippen molar-refractivity contribution in [1.82, 2.24) is 4.57 Å². The molecule has 3 nitrogen and oxygen atoms in total. The minimum atomic E-state index is 0.114. The summed E-state index contributed by atoms with van der Waals surface area (Å²) in [5, 5.41) is 0. The number of ether oxygens (including phenoxy) is 1. The molecule has 0 amide bonds. The molecule has 3 heteroatoms. The smallest absolute Gasteiger partial charge is 0.253 e. The van der Waals surface area contributed by atoms with Crippen LogP contribution in [0.1, 0.15) is 19.4 Å². The summed E-state index contributed by atoms with van der Waals surface area (Å²) < 4.78 is 6.67. The van der Waals surface area contributed by atoms with E-state index in [1.807, 2.05) is 18.3 Å². The second-order valence-corrected chi connectivity index (χ2v) is 4.12. The fourth-order valence-electron chi connectivity index (χ4n) is 1.55. The van der Waals surface area contributed by atoms with E-state index in [1.54, 1.807) is 11.7 Å². The van der Waals surface area contributed by atoms with Crippen LogP contribution in [0.25, 0.3) is 0 Å². The monoisotopic (exact) mass is 209 g/mol. The fourth-order valence-corrected chi connectivity index (χ4v) is 1.55. The summed E-state index contributed by atoms with van der Waals surface area (Å²) in [6.45, 7) is 5.43. The molecule has 0 bridgehead atoms. The summed E-state index contributed by atoms with van der Waals surface area (Å²) in [6, 6.07) is 3.83. The molecule has 1 heterocycles. The van der Waals surface area contributed by atoms with E-state index in [4.69, 9.17) is 4.74 Å². The van der Waals surface area contributed by atoms with E-state index in [9.17, 15) is 4.79 Å². The molecule has 0 spiro atoms. The number of pyridine rings is 1. The van der Waals surface area contributed by atoms with Crippen molar-refractivity contribution in [2.75, 3.05) is 13.7 Å². The van der Waals surface area contributed by atoms with Crippen LogP contribution in [-0.2, 0) is 17.7 Å². The molecule has 0 N–H and O–H groups in total. The number of nitrogens with zero attached hydrogens (tertiary/aromatic N) is 1. The minimum Gasteiger partial charge on any atom is -0.383 e. The number of methoxy groups -OCH3 is 1. The van der Waals surface area contributed by atoms with Gasteiger partial charge in [0, 0.05) is 25.4 Å². The maximum Gasteiger partial charge on any atom is 0.253 e. The van der Waals surface area contributed by atoms with E-state index in [0.29, 0.717) is 19.1 Å². The summed E-state index contributed by atoms with van der Waals surface area (Å²) in [6.07, 6.45) is 2.65. The Hall–Kier alpha value is -1.09. The van der Waals surface area contributed by atoms with Gasteiger partial charge in [0.05, 0.1) is 6.61 Å². The fraction of sp³-hybridized carbons (Fsp3) is 0.583. The molecule has 0 radical (unpaired) electrons. The first kappa shape index (κ1) is 12.0. The molecular weight excluding hydrogens is 190 g/mol. The van der Waals surface area contributed by atoms with Gasteiger partial charge in [0.1, 0.15) is 0 Å². The second-order valence-electron chi connectivity index (χ2n) is 4.12. The highest BCUT2D eigenvalue weighted by molar-refractivity contribution is 5.10. The maximum atomic E-state index is 11.9. The van der Waals surface area contributed by atoms with Gasteiger partial charge >= 0.3 is 0 Å². The average Bonchev–Trinajstić information content (AvgIpc) is 2.19. The summed E-state index contributed by atoms with van der Waals surface area (Å²) in [5.41, 5.74) is 1.01. The van der Waals surface area contributed by atoms with Gasteiger partial charge in [-0.1, -0.05) is 19.9 Å². The highest BCUT2D eigenvalue weighted by atomic mass is 16.5. The Morgan fingerprint density at radius 2 is 2.20 bits per heavy atom. The van der Waals surface area contributed by atoms with Gasteiger partial charge in [0.2, 0.25) is 0 Å². The number of rotatable bonds is 5. The van der Waals surface area contributed by atoms with Crippen LogP contribution in [0.3, 0.4) is 0 Å². The van der Waals surface area contributed by atoms with Gasteiger partial charge in [-0.2, -0.15) is 0 Å². The second kappa shape index (κ2) is 5.71. The van der Waals surface area contributed by atoms with Crippen LogP contribution in [0.4, 0.5) is 0 Å². The van der Waals surface area contributed by atoms with E-state index >= 15 is 0 Å². The van der Waals surface area contributed by atoms with Gasteiger partial charge in [-0.3, -0.25) is 4.79 Å². The lowest BCUT2D eigenvalue weighted by atomic mass is 10.0. The number of aromatic nitrogens is 1. The third-order valence-corrected chi connectivity index (χ3v) is 2.26. The van der Waals surface area contributed by atoms with Crippen molar-refractivity contribution in [2.24, 2.45) is 5.92 Å². The van der Waals surface area contributed by atoms with Crippen LogP contribution in [0.2, 0.25) is 0 Å². The van der Waals surface area contributed by atoms with Crippen molar-refractivity contribution in [2.45, 2.75) is 26.8 Å². The zero-order chi connectivity index (χ0) is 11.3. The quantitative estimate of drug-likeness (QED) is 0.739. The van der Waals surface area contributed by atoms with Gasteiger partial charge in [0.15, 0.2) is 0 Å². The predicted molar refractivity (Wildman–Crippen MR) is 61.1 cm³/mol. The van der Waals surface area contributed by atoms with Crippen molar-refractivity contribution >= 4 is 0 Å². The lowest BCUT2D eigenvalue weighted by Crippen LogP contribution is -2.25. The zero-order valence-electron chi connectivity index (χ0n) is 9.69. The van der Waals surface area contributed by atoms with Crippen LogP contribution in [0.15, 0.2) is 23.1 Å². The molecule has 0 aromatic carbocycles. The third-order valence-electron chi connectivity index (χ3n) is 2.26. The molecule has 1 rings (SSSR count). The molecule has 1 aromatic heterocycles. The summed E-state index contributed by atoms with van der Waals surface area (Å²) in [7, 11) is 1.64. The largest absolute Gasteiger partial charge is 0.383 e. The van der Waals surface area contributed by atoms with Gasteiger partial charge in [-0.25, -0.2) is 0 Å². The van der Waals surface area contributed by atoms with Gasteiger partial charge < -0.3 is 9.30 Å². The molecule has 0 atom stereocenters. The molecule has 15 heavy (non-hydrogen) atoms. The maximum absolute atomic E-state index is 11.9. The number of hydrogen-bond donors (Lipinski definition) is 0. The van der Waals surface area contributed by atoms with Crippen LogP contribution in [0, 0.1) is 5.92 Å². The van der Waals surface area contributed by atoms with Crippen LogP contribution in [0.5, 0.6) is 0 Å². The summed E-state index contributed by atoms with van der Waals surface area (Å²) in [5.74, 6) is 0.510. The first-order chi connectivity index (χ1) is 7.15. The van der Waals surface area contributed by atoms with Crippen molar-refractivity contribution in [1.29, 1.82) is 0 Å². The Bertz CT molecular complexity index is 355. The van der Waals surface area contributed by atoms with E-state index in [-0.39, 0.29) is 5.56 Å². The molecule has 0 aliphatic heterocycles. The zero-order valence-corrected chi connectivity index (χ0v) is 9.69. The molecule has 84 valence electrons. The van der Waals surface area contributed by atoms with E-state index in [2.05, 4.69) is 13.8 Å². The van der Waals surface area contributed by atoms with Crippen molar-refractivity contribution in [3.05, 3.63) is 34.2 Å². The number of hydrogen-bond acceptors (Lipinski definition) is 2. The van der Waals surface area contributed by atoms with Crippen LogP contribution in [-0.4, -0.2) is 18.3 Å². The topological polar surface area (TPSA) is 31.2 Å². The first-order valence-electron chi connectivity index (χ1n) is 5.32. The SMILES string of the molecule is COCCn1cccc(CC(C)C)c1=O.